The van der Waals surface area contributed by atoms with Crippen molar-refractivity contribution < 1.29 is 28.3 Å². The van der Waals surface area contributed by atoms with E-state index in [1.165, 1.54) is 18.6 Å². The van der Waals surface area contributed by atoms with E-state index in [1.54, 1.807) is 31.2 Å². The van der Waals surface area contributed by atoms with Crippen molar-refractivity contribution in [2.75, 3.05) is 13.2 Å². The van der Waals surface area contributed by atoms with Gasteiger partial charge in [-0.25, -0.2) is 14.4 Å². The molecule has 0 spiro atoms. The molecule has 1 atom stereocenters. The Kier molecular flexibility index (Phi) is 6.00. The first kappa shape index (κ1) is 19.5. The molecule has 2 amide bonds. The molecule has 2 aromatic rings. The van der Waals surface area contributed by atoms with Crippen LogP contribution in [0.25, 0.3) is 0 Å². The number of amides is 2. The molecule has 0 aliphatic carbocycles. The van der Waals surface area contributed by atoms with Gasteiger partial charge in [-0.2, -0.15) is 0 Å². The van der Waals surface area contributed by atoms with Crippen LogP contribution >= 0.6 is 11.6 Å². The molecule has 8 nitrogen and oxygen atoms in total. The molecule has 2 N–H and O–H groups in total. The maximum atomic E-state index is 12.6. The number of benzene rings is 1. The Labute approximate surface area is 165 Å². The summed E-state index contributed by atoms with van der Waals surface area (Å²) < 4.78 is 15.2. The molecule has 3 rings (SSSR count). The molecule has 28 heavy (non-hydrogen) atoms. The van der Waals surface area contributed by atoms with Crippen molar-refractivity contribution in [3.8, 4) is 0 Å². The van der Waals surface area contributed by atoms with Gasteiger partial charge in [0.15, 0.2) is 0 Å². The lowest BCUT2D eigenvalue weighted by Gasteiger charge is -2.29. The van der Waals surface area contributed by atoms with Gasteiger partial charge >= 0.3 is 18.0 Å². The summed E-state index contributed by atoms with van der Waals surface area (Å²) in [6, 6.07) is 6.79. The van der Waals surface area contributed by atoms with E-state index in [0.717, 1.165) is 0 Å². The standard InChI is InChI=1S/C19H17ClN2O6/c1-2-27-18(24)15-14(10-28-17(23)12-7-8-26-9-12)21-19(25)22-16(15)11-3-5-13(20)6-4-11/h3-9,16H,2,10H2,1H3,(H2,21,22,25). The minimum atomic E-state index is -0.785. The zero-order valence-electron chi connectivity index (χ0n) is 14.9. The molecule has 0 saturated heterocycles. The fourth-order valence-electron chi connectivity index (χ4n) is 2.69. The quantitative estimate of drug-likeness (QED) is 0.717. The van der Waals surface area contributed by atoms with E-state index in [4.69, 9.17) is 25.5 Å². The monoisotopic (exact) mass is 404 g/mol. The van der Waals surface area contributed by atoms with Gasteiger partial charge in [0.25, 0.3) is 0 Å². The van der Waals surface area contributed by atoms with Crippen molar-refractivity contribution in [2.45, 2.75) is 13.0 Å². The second-order valence-corrected chi connectivity index (χ2v) is 6.22. The first-order valence-corrected chi connectivity index (χ1v) is 8.80. The predicted molar refractivity (Wildman–Crippen MR) is 98.5 cm³/mol. The summed E-state index contributed by atoms with van der Waals surface area (Å²) in [5.41, 5.74) is 1.12. The lowest BCUT2D eigenvalue weighted by molar-refractivity contribution is -0.139. The Morgan fingerprint density at radius 2 is 1.89 bits per heavy atom. The van der Waals surface area contributed by atoms with Crippen LogP contribution in [-0.4, -0.2) is 31.2 Å². The van der Waals surface area contributed by atoms with Gasteiger partial charge in [-0.1, -0.05) is 23.7 Å². The molecule has 1 aromatic heterocycles. The van der Waals surface area contributed by atoms with E-state index in [2.05, 4.69) is 10.6 Å². The molecular weight excluding hydrogens is 388 g/mol. The van der Waals surface area contributed by atoms with Crippen molar-refractivity contribution in [3.63, 3.8) is 0 Å². The normalized spacial score (nSPS) is 16.2. The molecule has 1 unspecified atom stereocenters. The maximum Gasteiger partial charge on any atom is 0.341 e. The van der Waals surface area contributed by atoms with Crippen molar-refractivity contribution >= 4 is 29.6 Å². The highest BCUT2D eigenvalue weighted by atomic mass is 35.5. The third-order valence-corrected chi connectivity index (χ3v) is 4.21. The summed E-state index contributed by atoms with van der Waals surface area (Å²) in [5, 5.41) is 5.71. The molecule has 1 aliphatic rings. The molecule has 2 heterocycles. The topological polar surface area (TPSA) is 107 Å². The lowest BCUT2D eigenvalue weighted by Crippen LogP contribution is -2.47. The van der Waals surface area contributed by atoms with Crippen LogP contribution in [0.15, 0.2) is 58.5 Å². The highest BCUT2D eigenvalue weighted by Gasteiger charge is 2.34. The second kappa shape index (κ2) is 8.62. The van der Waals surface area contributed by atoms with Gasteiger partial charge in [-0.15, -0.1) is 0 Å². The largest absolute Gasteiger partial charge is 0.472 e. The summed E-state index contributed by atoms with van der Waals surface area (Å²) in [6.07, 6.45) is 2.57. The van der Waals surface area contributed by atoms with Gasteiger partial charge in [0, 0.05) is 5.02 Å². The third kappa shape index (κ3) is 4.34. The SMILES string of the molecule is CCOC(=O)C1=C(COC(=O)c2ccoc2)NC(=O)NC1c1ccc(Cl)cc1. The molecule has 0 radical (unpaired) electrons. The number of furan rings is 1. The van der Waals surface area contributed by atoms with Crippen LogP contribution in [-0.2, 0) is 14.3 Å². The van der Waals surface area contributed by atoms with E-state index < -0.39 is 24.0 Å². The minimum Gasteiger partial charge on any atom is -0.472 e. The van der Waals surface area contributed by atoms with Gasteiger partial charge in [-0.3, -0.25) is 0 Å². The zero-order chi connectivity index (χ0) is 20.1. The van der Waals surface area contributed by atoms with Crippen LogP contribution < -0.4 is 10.6 Å². The zero-order valence-corrected chi connectivity index (χ0v) is 15.6. The Hall–Kier alpha value is -3.26. The first-order chi connectivity index (χ1) is 13.5. The van der Waals surface area contributed by atoms with E-state index >= 15 is 0 Å². The number of esters is 2. The Morgan fingerprint density at radius 1 is 1.14 bits per heavy atom. The molecule has 146 valence electrons. The fourth-order valence-corrected chi connectivity index (χ4v) is 2.81. The Balaban J connectivity index is 1.93. The molecule has 0 bridgehead atoms. The second-order valence-electron chi connectivity index (χ2n) is 5.78. The number of hydrogen-bond donors (Lipinski definition) is 2. The van der Waals surface area contributed by atoms with Gasteiger partial charge in [-0.05, 0) is 30.7 Å². The summed E-state index contributed by atoms with van der Waals surface area (Å²) in [7, 11) is 0. The Morgan fingerprint density at radius 3 is 2.54 bits per heavy atom. The van der Waals surface area contributed by atoms with Crippen molar-refractivity contribution in [3.05, 3.63) is 70.3 Å². The fraction of sp³-hybridized carbons (Fsp3) is 0.211. The number of urea groups is 1. The van der Waals surface area contributed by atoms with Gasteiger partial charge in [0.2, 0.25) is 0 Å². The first-order valence-electron chi connectivity index (χ1n) is 8.42. The van der Waals surface area contributed by atoms with E-state index in [1.807, 2.05) is 0 Å². The van der Waals surface area contributed by atoms with Crippen molar-refractivity contribution in [1.82, 2.24) is 10.6 Å². The molecule has 1 aromatic carbocycles. The lowest BCUT2D eigenvalue weighted by atomic mass is 9.95. The summed E-state index contributed by atoms with van der Waals surface area (Å²) in [4.78, 5) is 36.8. The molecule has 9 heteroatoms. The van der Waals surface area contributed by atoms with Gasteiger partial charge < -0.3 is 24.5 Å². The molecule has 0 fully saturated rings. The Bertz CT molecular complexity index is 905. The third-order valence-electron chi connectivity index (χ3n) is 3.96. The number of nitrogens with one attached hydrogen (secondary N) is 2. The highest BCUT2D eigenvalue weighted by Crippen LogP contribution is 2.29. The van der Waals surface area contributed by atoms with E-state index in [0.29, 0.717) is 10.6 Å². The average molecular weight is 405 g/mol. The smallest absolute Gasteiger partial charge is 0.341 e. The van der Waals surface area contributed by atoms with Crippen LogP contribution in [0, 0.1) is 0 Å². The average Bonchev–Trinajstić information content (AvgIpc) is 3.21. The van der Waals surface area contributed by atoms with Crippen molar-refractivity contribution in [1.29, 1.82) is 0 Å². The van der Waals surface area contributed by atoms with Crippen LogP contribution in [0.5, 0.6) is 0 Å². The van der Waals surface area contributed by atoms with Gasteiger partial charge in [0.05, 0.1) is 35.7 Å². The number of hydrogen-bond acceptors (Lipinski definition) is 6. The number of ether oxygens (including phenoxy) is 2. The highest BCUT2D eigenvalue weighted by molar-refractivity contribution is 6.30. The van der Waals surface area contributed by atoms with Crippen LogP contribution in [0.2, 0.25) is 5.02 Å². The van der Waals surface area contributed by atoms with Crippen LogP contribution in [0.3, 0.4) is 0 Å². The summed E-state index contributed by atoms with van der Waals surface area (Å²) in [5.74, 6) is -1.29. The minimum absolute atomic E-state index is 0.138. The van der Waals surface area contributed by atoms with Crippen LogP contribution in [0.1, 0.15) is 28.9 Å². The molecule has 0 saturated carbocycles. The molecule has 1 aliphatic heterocycles. The van der Waals surface area contributed by atoms with E-state index in [-0.39, 0.29) is 30.0 Å². The maximum absolute atomic E-state index is 12.6. The number of halogens is 1. The van der Waals surface area contributed by atoms with E-state index in [9.17, 15) is 14.4 Å². The predicted octanol–water partition coefficient (Wildman–Crippen LogP) is 2.96. The molecular formula is C19H17ClN2O6. The summed E-state index contributed by atoms with van der Waals surface area (Å²) in [6.45, 7) is 1.49. The number of carbonyl (C=O) groups excluding carboxylic acids is 3. The number of carbonyl (C=O) groups is 3. The van der Waals surface area contributed by atoms with Crippen molar-refractivity contribution in [2.24, 2.45) is 0 Å². The summed E-state index contributed by atoms with van der Waals surface area (Å²) >= 11 is 5.92. The number of rotatable bonds is 6. The van der Waals surface area contributed by atoms with Crippen LogP contribution in [0.4, 0.5) is 4.79 Å². The van der Waals surface area contributed by atoms with Gasteiger partial charge in [0.1, 0.15) is 12.9 Å².